The molecule has 10 heteroatoms. The van der Waals surface area contributed by atoms with Gasteiger partial charge in [0, 0.05) is 16.8 Å². The summed E-state index contributed by atoms with van der Waals surface area (Å²) in [4.78, 5) is 17.2. The number of halogens is 3. The molecule has 2 aromatic heterocycles. The van der Waals surface area contributed by atoms with Crippen LogP contribution >= 0.6 is 58.4 Å². The van der Waals surface area contributed by atoms with Gasteiger partial charge in [0.25, 0.3) is 5.91 Å². The van der Waals surface area contributed by atoms with Gasteiger partial charge in [-0.3, -0.25) is 10.1 Å². The number of amides is 1. The summed E-state index contributed by atoms with van der Waals surface area (Å²) in [7, 11) is 0. The van der Waals surface area contributed by atoms with Crippen LogP contribution in [0.5, 0.6) is 0 Å². The first-order valence-electron chi connectivity index (χ1n) is 10.2. The van der Waals surface area contributed by atoms with E-state index in [1.165, 1.54) is 0 Å². The first kappa shape index (κ1) is 23.8. The minimum absolute atomic E-state index is 0.0967. The molecule has 5 aromatic rings. The smallest absolute Gasteiger partial charge is 0.293 e. The Hall–Kier alpha value is -2.94. The second-order valence-corrected chi connectivity index (χ2v) is 10.0. The van der Waals surface area contributed by atoms with Crippen molar-refractivity contribution in [3.63, 3.8) is 0 Å². The third-order valence-electron chi connectivity index (χ3n) is 5.01. The van der Waals surface area contributed by atoms with Crippen LogP contribution in [-0.4, -0.2) is 16.0 Å². The number of nitrogens with zero attached hydrogens (tertiary/aromatic N) is 1. The second-order valence-electron chi connectivity index (χ2n) is 7.38. The minimum atomic E-state index is -0.494. The van der Waals surface area contributed by atoms with E-state index in [4.69, 9.17) is 51.4 Å². The summed E-state index contributed by atoms with van der Waals surface area (Å²) in [5, 5.41) is 7.84. The number of nitrogens with one attached hydrogen (secondary N) is 2. The van der Waals surface area contributed by atoms with Crippen molar-refractivity contribution in [2.45, 2.75) is 0 Å². The van der Waals surface area contributed by atoms with E-state index < -0.39 is 5.91 Å². The third-order valence-corrected chi connectivity index (χ3v) is 7.34. The zero-order chi connectivity index (χ0) is 24.5. The molecule has 0 atom stereocenters. The van der Waals surface area contributed by atoms with Gasteiger partial charge in [0.15, 0.2) is 10.9 Å². The summed E-state index contributed by atoms with van der Waals surface area (Å²) >= 11 is 25.4. The number of carbonyl (C=O) groups excluding carboxylic acids is 1. The average molecular weight is 559 g/mol. The van der Waals surface area contributed by atoms with Gasteiger partial charge >= 0.3 is 0 Å². The Kier molecular flexibility index (Phi) is 6.77. The van der Waals surface area contributed by atoms with E-state index in [2.05, 4.69) is 15.6 Å². The van der Waals surface area contributed by atoms with Gasteiger partial charge in [-0.05, 0) is 72.9 Å². The van der Waals surface area contributed by atoms with Crippen molar-refractivity contribution in [2.75, 3.05) is 5.32 Å². The normalized spacial score (nSPS) is 10.9. The highest BCUT2D eigenvalue weighted by atomic mass is 35.5. The van der Waals surface area contributed by atoms with Gasteiger partial charge in [-0.2, -0.15) is 0 Å². The van der Waals surface area contributed by atoms with Crippen LogP contribution in [0, 0.1) is 0 Å². The molecular formula is C25H14Cl3N3O2S2. The second kappa shape index (κ2) is 9.97. The van der Waals surface area contributed by atoms with Crippen LogP contribution in [0.2, 0.25) is 15.1 Å². The Morgan fingerprint density at radius 2 is 1.74 bits per heavy atom. The number of anilines is 1. The highest BCUT2D eigenvalue weighted by Crippen LogP contribution is 2.35. The summed E-state index contributed by atoms with van der Waals surface area (Å²) < 4.78 is 6.75. The summed E-state index contributed by atoms with van der Waals surface area (Å²) in [6.45, 7) is 0. The standard InChI is InChI=1S/C25H14Cl3N3O2S2/c26-16-8-5-13(11-18(16)28)20-9-10-21(33-20)23(32)31-25(34)29-14-6-7-15(17(27)12-14)24-30-19-3-1-2-4-22(19)35-24/h1-12H,(H2,29,31,32,34). The number of carbonyl (C=O) groups is 1. The zero-order valence-electron chi connectivity index (χ0n) is 17.6. The highest BCUT2D eigenvalue weighted by Gasteiger charge is 2.15. The lowest BCUT2D eigenvalue weighted by molar-refractivity contribution is 0.0951. The fraction of sp³-hybridized carbons (Fsp3) is 0. The molecule has 0 aliphatic carbocycles. The Labute approximate surface area is 224 Å². The quantitative estimate of drug-likeness (QED) is 0.217. The van der Waals surface area contributed by atoms with Crippen molar-refractivity contribution >= 4 is 85.3 Å². The summed E-state index contributed by atoms with van der Waals surface area (Å²) in [5.41, 5.74) is 3.07. The molecule has 0 aliphatic rings. The van der Waals surface area contributed by atoms with Crippen molar-refractivity contribution in [3.05, 3.63) is 93.6 Å². The van der Waals surface area contributed by atoms with Gasteiger partial charge in [0.2, 0.25) is 0 Å². The minimum Gasteiger partial charge on any atom is -0.451 e. The Balaban J connectivity index is 1.25. The number of para-hydroxylation sites is 1. The van der Waals surface area contributed by atoms with Gasteiger partial charge in [0.1, 0.15) is 10.8 Å². The number of hydrogen-bond acceptors (Lipinski definition) is 5. The van der Waals surface area contributed by atoms with Gasteiger partial charge in [-0.25, -0.2) is 4.98 Å². The lowest BCUT2D eigenvalue weighted by Crippen LogP contribution is -2.33. The van der Waals surface area contributed by atoms with Gasteiger partial charge in [-0.15, -0.1) is 11.3 Å². The molecular weight excluding hydrogens is 545 g/mol. The van der Waals surface area contributed by atoms with Crippen molar-refractivity contribution in [3.8, 4) is 21.9 Å². The number of hydrogen-bond donors (Lipinski definition) is 2. The SMILES string of the molecule is O=C(NC(=S)Nc1ccc(-c2nc3ccccc3s2)c(Cl)c1)c1ccc(-c2ccc(Cl)c(Cl)c2)o1. The topological polar surface area (TPSA) is 67.2 Å². The first-order valence-corrected chi connectivity index (χ1v) is 12.6. The molecule has 2 heterocycles. The average Bonchev–Trinajstić information content (AvgIpc) is 3.48. The fourth-order valence-electron chi connectivity index (χ4n) is 3.35. The van der Waals surface area contributed by atoms with Gasteiger partial charge in [-0.1, -0.05) is 46.9 Å². The Morgan fingerprint density at radius 3 is 2.51 bits per heavy atom. The van der Waals surface area contributed by atoms with Crippen LogP contribution in [0.15, 0.2) is 77.2 Å². The maximum atomic E-state index is 12.6. The summed E-state index contributed by atoms with van der Waals surface area (Å²) in [5.74, 6) is 0.0789. The number of fused-ring (bicyclic) bond motifs is 1. The van der Waals surface area contributed by atoms with E-state index in [9.17, 15) is 4.79 Å². The molecule has 2 N–H and O–H groups in total. The van der Waals surface area contributed by atoms with Gasteiger partial charge in [0.05, 0.1) is 25.3 Å². The molecule has 0 saturated carbocycles. The maximum absolute atomic E-state index is 12.6. The summed E-state index contributed by atoms with van der Waals surface area (Å²) in [6, 6.07) is 21.6. The van der Waals surface area contributed by atoms with E-state index >= 15 is 0 Å². The van der Waals surface area contributed by atoms with Gasteiger partial charge < -0.3 is 9.73 Å². The Morgan fingerprint density at radius 1 is 0.914 bits per heavy atom. The van der Waals surface area contributed by atoms with E-state index in [1.54, 1.807) is 47.7 Å². The number of aromatic nitrogens is 1. The number of thiocarbonyl (C=S) groups is 1. The molecule has 1 amide bonds. The predicted molar refractivity (Wildman–Crippen MR) is 148 cm³/mol. The van der Waals surface area contributed by atoms with E-state index in [0.29, 0.717) is 32.1 Å². The monoisotopic (exact) mass is 557 g/mol. The van der Waals surface area contributed by atoms with Crippen molar-refractivity contribution < 1.29 is 9.21 Å². The molecule has 35 heavy (non-hydrogen) atoms. The molecule has 5 rings (SSSR count). The number of rotatable bonds is 4. The molecule has 3 aromatic carbocycles. The van der Waals surface area contributed by atoms with E-state index in [-0.39, 0.29) is 10.9 Å². The molecule has 174 valence electrons. The fourth-order valence-corrected chi connectivity index (χ4v) is 5.19. The molecule has 5 nitrogen and oxygen atoms in total. The van der Waals surface area contributed by atoms with Crippen LogP contribution in [-0.2, 0) is 0 Å². The number of thiazole rings is 1. The predicted octanol–water partition coefficient (Wildman–Crippen LogP) is 8.31. The van der Waals surface area contributed by atoms with E-state index in [0.717, 1.165) is 20.8 Å². The van der Waals surface area contributed by atoms with Crippen LogP contribution in [0.25, 0.3) is 32.1 Å². The van der Waals surface area contributed by atoms with Crippen LogP contribution in [0.4, 0.5) is 5.69 Å². The molecule has 0 fully saturated rings. The Bertz CT molecular complexity index is 1560. The molecule has 0 radical (unpaired) electrons. The molecule has 0 bridgehead atoms. The first-order chi connectivity index (χ1) is 16.9. The van der Waals surface area contributed by atoms with Crippen molar-refractivity contribution in [1.29, 1.82) is 0 Å². The molecule has 0 spiro atoms. The molecule has 0 saturated heterocycles. The zero-order valence-corrected chi connectivity index (χ0v) is 21.5. The third kappa shape index (κ3) is 5.19. The van der Waals surface area contributed by atoms with Crippen LogP contribution < -0.4 is 10.6 Å². The number of furan rings is 1. The lowest BCUT2D eigenvalue weighted by atomic mass is 10.2. The van der Waals surface area contributed by atoms with Crippen LogP contribution in [0.1, 0.15) is 10.6 Å². The molecule has 0 unspecified atom stereocenters. The summed E-state index contributed by atoms with van der Waals surface area (Å²) in [6.07, 6.45) is 0. The highest BCUT2D eigenvalue weighted by molar-refractivity contribution is 7.80. The number of benzene rings is 3. The van der Waals surface area contributed by atoms with E-state index in [1.807, 2.05) is 36.4 Å². The van der Waals surface area contributed by atoms with Crippen molar-refractivity contribution in [2.24, 2.45) is 0 Å². The lowest BCUT2D eigenvalue weighted by Gasteiger charge is -2.10. The molecule has 0 aliphatic heterocycles. The van der Waals surface area contributed by atoms with Crippen LogP contribution in [0.3, 0.4) is 0 Å². The largest absolute Gasteiger partial charge is 0.451 e. The maximum Gasteiger partial charge on any atom is 0.293 e. The van der Waals surface area contributed by atoms with Crippen molar-refractivity contribution in [1.82, 2.24) is 10.3 Å².